The third kappa shape index (κ3) is 3.47. The van der Waals surface area contributed by atoms with Crippen molar-refractivity contribution in [1.29, 1.82) is 0 Å². The number of sulfonamides is 1. The van der Waals surface area contributed by atoms with Gasteiger partial charge in [-0.2, -0.15) is 0 Å². The van der Waals surface area contributed by atoms with Crippen LogP contribution >= 0.6 is 0 Å². The molecule has 4 rings (SSSR count). The maximum Gasteiger partial charge on any atom is 0.261 e. The smallest absolute Gasteiger partial charge is 0.261 e. The van der Waals surface area contributed by atoms with Gasteiger partial charge in [0.05, 0.1) is 10.6 Å². The minimum absolute atomic E-state index is 0.101. The molecule has 0 atom stereocenters. The van der Waals surface area contributed by atoms with Gasteiger partial charge in [0.2, 0.25) is 5.89 Å². The number of aromatic nitrogens is 1. The molecule has 3 aromatic carbocycles. The molecule has 0 bridgehead atoms. The van der Waals surface area contributed by atoms with Crippen LogP contribution < -0.4 is 10.5 Å². The summed E-state index contributed by atoms with van der Waals surface area (Å²) >= 11 is 0. The number of nitrogens with two attached hydrogens (primary N) is 1. The molecule has 1 heterocycles. The van der Waals surface area contributed by atoms with Crippen LogP contribution in [0.15, 0.2) is 76.0 Å². The summed E-state index contributed by atoms with van der Waals surface area (Å²) in [5.74, 6) is -0.0298. The number of halogens is 1. The number of hydrogen-bond acceptors (Lipinski definition) is 5. The van der Waals surface area contributed by atoms with E-state index in [4.69, 9.17) is 10.2 Å². The molecule has 27 heavy (non-hydrogen) atoms. The Morgan fingerprint density at radius 3 is 2.37 bits per heavy atom. The second-order valence-electron chi connectivity index (χ2n) is 5.88. The highest BCUT2D eigenvalue weighted by Crippen LogP contribution is 2.27. The number of anilines is 2. The van der Waals surface area contributed by atoms with Gasteiger partial charge < -0.3 is 10.2 Å². The summed E-state index contributed by atoms with van der Waals surface area (Å²) in [7, 11) is -3.75. The fourth-order valence-electron chi connectivity index (χ4n) is 2.57. The molecule has 0 saturated heterocycles. The first-order valence-corrected chi connectivity index (χ1v) is 9.44. The Kier molecular flexibility index (Phi) is 4.04. The van der Waals surface area contributed by atoms with Crippen molar-refractivity contribution in [2.24, 2.45) is 0 Å². The van der Waals surface area contributed by atoms with Crippen molar-refractivity contribution >= 4 is 32.5 Å². The Balaban J connectivity index is 1.65. The van der Waals surface area contributed by atoms with Gasteiger partial charge in [-0.05, 0) is 66.7 Å². The van der Waals surface area contributed by atoms with Crippen molar-refractivity contribution in [3.8, 4) is 11.5 Å². The van der Waals surface area contributed by atoms with Gasteiger partial charge in [-0.25, -0.2) is 17.8 Å². The minimum Gasteiger partial charge on any atom is -0.436 e. The maximum atomic E-state index is 13.1. The fourth-order valence-corrected chi connectivity index (χ4v) is 3.62. The largest absolute Gasteiger partial charge is 0.436 e. The monoisotopic (exact) mass is 383 g/mol. The topological polar surface area (TPSA) is 98.2 Å². The van der Waals surface area contributed by atoms with E-state index in [1.165, 1.54) is 36.4 Å². The average molecular weight is 383 g/mol. The molecule has 0 spiro atoms. The van der Waals surface area contributed by atoms with Gasteiger partial charge in [-0.3, -0.25) is 4.72 Å². The number of fused-ring (bicyclic) bond motifs is 1. The summed E-state index contributed by atoms with van der Waals surface area (Å²) in [5.41, 5.74) is 8.00. The van der Waals surface area contributed by atoms with Gasteiger partial charge >= 0.3 is 0 Å². The lowest BCUT2D eigenvalue weighted by Gasteiger charge is -2.08. The minimum atomic E-state index is -3.75. The maximum absolute atomic E-state index is 13.1. The molecule has 8 heteroatoms. The second kappa shape index (κ2) is 6.40. The summed E-state index contributed by atoms with van der Waals surface area (Å²) in [5, 5.41) is 0. The van der Waals surface area contributed by atoms with E-state index in [0.717, 1.165) is 0 Å². The number of hydrogen-bond donors (Lipinski definition) is 2. The Bertz CT molecular complexity index is 1220. The van der Waals surface area contributed by atoms with Crippen LogP contribution in [0.4, 0.5) is 15.8 Å². The van der Waals surface area contributed by atoms with Crippen LogP contribution in [0.25, 0.3) is 22.6 Å². The predicted octanol–water partition coefficient (Wildman–Crippen LogP) is 4.02. The van der Waals surface area contributed by atoms with Crippen molar-refractivity contribution in [2.75, 3.05) is 10.5 Å². The SMILES string of the molecule is Nc1ccc(S(=O)(=O)Nc2ccc3oc(-c4ccc(F)cc4)nc3c2)cc1. The van der Waals surface area contributed by atoms with E-state index in [1.807, 2.05) is 0 Å². The number of nitrogens with zero attached hydrogens (tertiary/aromatic N) is 1. The zero-order valence-corrected chi connectivity index (χ0v) is 14.7. The highest BCUT2D eigenvalue weighted by Gasteiger charge is 2.15. The number of nitrogen functional groups attached to an aromatic ring is 1. The van der Waals surface area contributed by atoms with Crippen LogP contribution in [-0.4, -0.2) is 13.4 Å². The molecule has 0 aliphatic rings. The van der Waals surface area contributed by atoms with Gasteiger partial charge in [0.15, 0.2) is 5.58 Å². The molecule has 0 saturated carbocycles. The highest BCUT2D eigenvalue weighted by atomic mass is 32.2. The Labute approximate surface area is 154 Å². The second-order valence-corrected chi connectivity index (χ2v) is 7.57. The van der Waals surface area contributed by atoms with E-state index in [0.29, 0.717) is 33.9 Å². The zero-order valence-electron chi connectivity index (χ0n) is 13.9. The molecule has 4 aromatic rings. The number of nitrogens with one attached hydrogen (secondary N) is 1. The number of rotatable bonds is 4. The first-order valence-electron chi connectivity index (χ1n) is 7.96. The fraction of sp³-hybridized carbons (Fsp3) is 0. The van der Waals surface area contributed by atoms with Crippen molar-refractivity contribution in [3.63, 3.8) is 0 Å². The van der Waals surface area contributed by atoms with E-state index in [2.05, 4.69) is 9.71 Å². The zero-order chi connectivity index (χ0) is 19.0. The molecule has 0 fully saturated rings. The summed E-state index contributed by atoms with van der Waals surface area (Å²) in [6, 6.07) is 16.4. The van der Waals surface area contributed by atoms with Crippen LogP contribution in [0.1, 0.15) is 0 Å². The molecular weight excluding hydrogens is 369 g/mol. The van der Waals surface area contributed by atoms with Crippen LogP contribution in [-0.2, 0) is 10.0 Å². The molecule has 0 aliphatic carbocycles. The third-order valence-corrected chi connectivity index (χ3v) is 5.32. The molecule has 0 radical (unpaired) electrons. The van der Waals surface area contributed by atoms with E-state index in [-0.39, 0.29) is 10.7 Å². The molecule has 136 valence electrons. The molecule has 0 aliphatic heterocycles. The van der Waals surface area contributed by atoms with Crippen LogP contribution in [0.2, 0.25) is 0 Å². The molecular formula is C19H14FN3O3S. The quantitative estimate of drug-likeness (QED) is 0.519. The van der Waals surface area contributed by atoms with Crippen molar-refractivity contribution < 1.29 is 17.2 Å². The van der Waals surface area contributed by atoms with Gasteiger partial charge in [0.1, 0.15) is 11.3 Å². The Morgan fingerprint density at radius 1 is 0.963 bits per heavy atom. The van der Waals surface area contributed by atoms with Gasteiger partial charge in [0, 0.05) is 11.3 Å². The third-order valence-electron chi connectivity index (χ3n) is 3.92. The van der Waals surface area contributed by atoms with Gasteiger partial charge in [-0.1, -0.05) is 0 Å². The Hall–Kier alpha value is -3.39. The van der Waals surface area contributed by atoms with E-state index in [9.17, 15) is 12.8 Å². The van der Waals surface area contributed by atoms with Crippen molar-refractivity contribution in [2.45, 2.75) is 4.90 Å². The van der Waals surface area contributed by atoms with Crippen molar-refractivity contribution in [3.05, 3.63) is 72.5 Å². The van der Waals surface area contributed by atoms with E-state index in [1.54, 1.807) is 30.3 Å². The Morgan fingerprint density at radius 2 is 1.67 bits per heavy atom. The number of oxazole rings is 1. The lowest BCUT2D eigenvalue weighted by molar-refractivity contribution is 0.601. The first kappa shape index (κ1) is 17.0. The van der Waals surface area contributed by atoms with Crippen molar-refractivity contribution in [1.82, 2.24) is 4.98 Å². The van der Waals surface area contributed by atoms with E-state index >= 15 is 0 Å². The summed E-state index contributed by atoms with van der Waals surface area (Å²) in [6.07, 6.45) is 0. The van der Waals surface area contributed by atoms with E-state index < -0.39 is 10.0 Å². The normalized spacial score (nSPS) is 11.6. The predicted molar refractivity (Wildman–Crippen MR) is 101 cm³/mol. The molecule has 0 unspecified atom stereocenters. The summed E-state index contributed by atoms with van der Waals surface area (Å²) < 4.78 is 46.2. The lowest BCUT2D eigenvalue weighted by Crippen LogP contribution is -2.12. The van der Waals surface area contributed by atoms with Crippen LogP contribution in [0, 0.1) is 5.82 Å². The van der Waals surface area contributed by atoms with Gasteiger partial charge in [-0.15, -0.1) is 0 Å². The number of benzene rings is 3. The molecule has 1 aromatic heterocycles. The summed E-state index contributed by atoms with van der Waals surface area (Å²) in [6.45, 7) is 0. The molecule has 6 nitrogen and oxygen atoms in total. The average Bonchev–Trinajstić information content (AvgIpc) is 3.05. The summed E-state index contributed by atoms with van der Waals surface area (Å²) in [4.78, 5) is 4.45. The van der Waals surface area contributed by atoms with Crippen LogP contribution in [0.3, 0.4) is 0 Å². The standard InChI is InChI=1S/C19H14FN3O3S/c20-13-3-1-12(2-4-13)19-22-17-11-15(7-10-18(17)26-19)23-27(24,25)16-8-5-14(21)6-9-16/h1-11,23H,21H2. The molecule has 0 amide bonds. The first-order chi connectivity index (χ1) is 12.9. The molecule has 3 N–H and O–H groups in total. The van der Waals surface area contributed by atoms with Gasteiger partial charge in [0.25, 0.3) is 10.0 Å². The van der Waals surface area contributed by atoms with Crippen LogP contribution in [0.5, 0.6) is 0 Å². The highest BCUT2D eigenvalue weighted by molar-refractivity contribution is 7.92. The lowest BCUT2D eigenvalue weighted by atomic mass is 10.2.